The zero-order chi connectivity index (χ0) is 25.9. The van der Waals surface area contributed by atoms with E-state index in [4.69, 9.17) is 0 Å². The van der Waals surface area contributed by atoms with Crippen molar-refractivity contribution in [3.05, 3.63) is 102 Å². The molecule has 0 spiro atoms. The number of hydrogen-bond donors (Lipinski definition) is 2. The maximum Gasteiger partial charge on any atom is 0.258 e. The van der Waals surface area contributed by atoms with Gasteiger partial charge in [-0.3, -0.25) is 14.4 Å². The van der Waals surface area contributed by atoms with Gasteiger partial charge < -0.3 is 10.3 Å². The zero-order valence-corrected chi connectivity index (χ0v) is 21.0. The van der Waals surface area contributed by atoms with Crippen LogP contribution >= 0.6 is 0 Å². The van der Waals surface area contributed by atoms with Crippen molar-refractivity contribution in [3.8, 4) is 11.1 Å². The number of H-pyrrole nitrogens is 1. The first-order valence-electron chi connectivity index (χ1n) is 12.9. The number of aromatic amines is 1. The number of carbonyl (C=O) groups is 1. The molecule has 0 aliphatic carbocycles. The zero-order valence-electron chi connectivity index (χ0n) is 21.0. The molecule has 0 unspecified atom stereocenters. The first-order chi connectivity index (χ1) is 18.6. The highest BCUT2D eigenvalue weighted by molar-refractivity contribution is 6.08. The van der Waals surface area contributed by atoms with Gasteiger partial charge in [-0.15, -0.1) is 0 Å². The molecule has 0 atom stereocenters. The van der Waals surface area contributed by atoms with Crippen LogP contribution in [0.5, 0.6) is 0 Å². The third kappa shape index (κ3) is 5.35. The predicted molar refractivity (Wildman–Crippen MR) is 147 cm³/mol. The molecule has 0 saturated carbocycles. The van der Waals surface area contributed by atoms with E-state index in [9.17, 15) is 9.18 Å². The molecule has 1 aliphatic rings. The molecule has 1 fully saturated rings. The van der Waals surface area contributed by atoms with E-state index in [1.807, 2.05) is 42.6 Å². The Labute approximate surface area is 220 Å². The summed E-state index contributed by atoms with van der Waals surface area (Å²) >= 11 is 0. The number of rotatable bonds is 7. The number of aromatic nitrogens is 4. The molecule has 1 amide bonds. The molecular formula is C30H29FN6O. The summed E-state index contributed by atoms with van der Waals surface area (Å²) in [4.78, 5) is 23.0. The lowest BCUT2D eigenvalue weighted by Gasteiger charge is -2.28. The number of amides is 1. The van der Waals surface area contributed by atoms with E-state index >= 15 is 0 Å². The number of carbonyl (C=O) groups excluding carboxylic acids is 1. The molecule has 4 heterocycles. The van der Waals surface area contributed by atoms with Crippen LogP contribution in [-0.4, -0.2) is 49.8 Å². The maximum absolute atomic E-state index is 13.4. The van der Waals surface area contributed by atoms with Crippen molar-refractivity contribution in [1.29, 1.82) is 0 Å². The smallest absolute Gasteiger partial charge is 0.258 e. The van der Waals surface area contributed by atoms with Gasteiger partial charge in [-0.05, 0) is 35.6 Å². The second-order valence-corrected chi connectivity index (χ2v) is 9.84. The lowest BCUT2D eigenvalue weighted by atomic mass is 10.0. The van der Waals surface area contributed by atoms with Crippen molar-refractivity contribution < 1.29 is 9.18 Å². The Kier molecular flexibility index (Phi) is 6.71. The molecule has 8 heteroatoms. The first kappa shape index (κ1) is 24.1. The van der Waals surface area contributed by atoms with Crippen molar-refractivity contribution in [2.75, 3.05) is 18.4 Å². The van der Waals surface area contributed by atoms with Crippen molar-refractivity contribution in [2.24, 2.45) is 0 Å². The molecule has 2 aromatic carbocycles. The Morgan fingerprint density at radius 1 is 0.974 bits per heavy atom. The van der Waals surface area contributed by atoms with Crippen LogP contribution in [0.15, 0.2) is 85.5 Å². The molecule has 0 bridgehead atoms. The molecule has 1 saturated heterocycles. The van der Waals surface area contributed by atoms with E-state index in [1.165, 1.54) is 5.56 Å². The SMILES string of the molecule is O=C(Nc1c[nH]c2ncc(-c3ccc(CN4CCC(F)CC4)cc3)cc12)c1cnn(Cc2ccccc2)c1. The van der Waals surface area contributed by atoms with Gasteiger partial charge in [-0.25, -0.2) is 9.37 Å². The van der Waals surface area contributed by atoms with Gasteiger partial charge in [0.25, 0.3) is 5.91 Å². The van der Waals surface area contributed by atoms with Crippen LogP contribution in [0.2, 0.25) is 0 Å². The fourth-order valence-corrected chi connectivity index (χ4v) is 4.92. The lowest BCUT2D eigenvalue weighted by molar-refractivity contribution is 0.102. The maximum atomic E-state index is 13.4. The van der Waals surface area contributed by atoms with E-state index in [2.05, 4.69) is 49.5 Å². The topological polar surface area (TPSA) is 78.8 Å². The summed E-state index contributed by atoms with van der Waals surface area (Å²) in [6, 6.07) is 20.5. The van der Waals surface area contributed by atoms with Crippen LogP contribution in [0.3, 0.4) is 0 Å². The minimum atomic E-state index is -0.656. The van der Waals surface area contributed by atoms with E-state index in [1.54, 1.807) is 23.3 Å². The summed E-state index contributed by atoms with van der Waals surface area (Å²) in [5, 5.41) is 8.18. The second-order valence-electron chi connectivity index (χ2n) is 9.84. The number of benzene rings is 2. The summed E-state index contributed by atoms with van der Waals surface area (Å²) in [6.07, 6.45) is 7.51. The number of hydrogen-bond acceptors (Lipinski definition) is 4. The third-order valence-corrected chi connectivity index (χ3v) is 7.07. The summed E-state index contributed by atoms with van der Waals surface area (Å²) in [6.45, 7) is 3.04. The highest BCUT2D eigenvalue weighted by Crippen LogP contribution is 2.28. The number of alkyl halides is 1. The Morgan fingerprint density at radius 3 is 2.53 bits per heavy atom. The number of nitrogens with zero attached hydrogens (tertiary/aromatic N) is 4. The molecule has 3 aromatic heterocycles. The largest absolute Gasteiger partial charge is 0.344 e. The second kappa shape index (κ2) is 10.6. The van der Waals surface area contributed by atoms with Crippen molar-refractivity contribution in [3.63, 3.8) is 0 Å². The first-order valence-corrected chi connectivity index (χ1v) is 12.9. The van der Waals surface area contributed by atoms with E-state index in [0.29, 0.717) is 36.3 Å². The predicted octanol–water partition coefficient (Wildman–Crippen LogP) is 5.66. The lowest BCUT2D eigenvalue weighted by Crippen LogP contribution is -2.33. The minimum absolute atomic E-state index is 0.225. The summed E-state index contributed by atoms with van der Waals surface area (Å²) in [5.74, 6) is -0.225. The van der Waals surface area contributed by atoms with Crippen LogP contribution in [-0.2, 0) is 13.1 Å². The Morgan fingerprint density at radius 2 is 1.74 bits per heavy atom. The average molecular weight is 509 g/mol. The summed E-state index contributed by atoms with van der Waals surface area (Å²) in [7, 11) is 0. The van der Waals surface area contributed by atoms with Gasteiger partial charge in [0.05, 0.1) is 24.0 Å². The Hall–Kier alpha value is -4.30. The fourth-order valence-electron chi connectivity index (χ4n) is 4.92. The van der Waals surface area contributed by atoms with Crippen molar-refractivity contribution >= 4 is 22.6 Å². The number of nitrogens with one attached hydrogen (secondary N) is 2. The number of piperidine rings is 1. The third-order valence-electron chi connectivity index (χ3n) is 7.07. The molecule has 2 N–H and O–H groups in total. The summed E-state index contributed by atoms with van der Waals surface area (Å²) in [5.41, 5.74) is 6.21. The highest BCUT2D eigenvalue weighted by atomic mass is 19.1. The number of fused-ring (bicyclic) bond motifs is 1. The van der Waals surface area contributed by atoms with Gasteiger partial charge >= 0.3 is 0 Å². The molecule has 6 rings (SSSR count). The van der Waals surface area contributed by atoms with Gasteiger partial charge in [0.2, 0.25) is 0 Å². The number of pyridine rings is 1. The fraction of sp³-hybridized carbons (Fsp3) is 0.233. The Bertz CT molecular complexity index is 1530. The van der Waals surface area contributed by atoms with Crippen LogP contribution < -0.4 is 5.32 Å². The van der Waals surface area contributed by atoms with Gasteiger partial charge in [0.1, 0.15) is 11.8 Å². The quantitative estimate of drug-likeness (QED) is 0.297. The average Bonchev–Trinajstić information content (AvgIpc) is 3.58. The van der Waals surface area contributed by atoms with Crippen LogP contribution in [0.25, 0.3) is 22.2 Å². The van der Waals surface area contributed by atoms with Gasteiger partial charge in [0, 0.05) is 49.2 Å². The molecule has 38 heavy (non-hydrogen) atoms. The normalized spacial score (nSPS) is 14.7. The molecule has 1 aliphatic heterocycles. The molecule has 5 aromatic rings. The number of halogens is 1. The molecule has 7 nitrogen and oxygen atoms in total. The van der Waals surface area contributed by atoms with Crippen LogP contribution in [0, 0.1) is 0 Å². The monoisotopic (exact) mass is 508 g/mol. The van der Waals surface area contributed by atoms with Gasteiger partial charge in [-0.2, -0.15) is 5.10 Å². The van der Waals surface area contributed by atoms with E-state index < -0.39 is 6.17 Å². The van der Waals surface area contributed by atoms with Crippen molar-refractivity contribution in [2.45, 2.75) is 32.1 Å². The van der Waals surface area contributed by atoms with Gasteiger partial charge in [0.15, 0.2) is 0 Å². The van der Waals surface area contributed by atoms with E-state index in [-0.39, 0.29) is 5.91 Å². The van der Waals surface area contributed by atoms with Gasteiger partial charge in [-0.1, -0.05) is 54.6 Å². The highest BCUT2D eigenvalue weighted by Gasteiger charge is 2.18. The van der Waals surface area contributed by atoms with Crippen LogP contribution in [0.1, 0.15) is 34.3 Å². The van der Waals surface area contributed by atoms with E-state index in [0.717, 1.165) is 41.7 Å². The Balaban J connectivity index is 1.15. The van der Waals surface area contributed by atoms with Crippen molar-refractivity contribution in [1.82, 2.24) is 24.6 Å². The minimum Gasteiger partial charge on any atom is -0.344 e. The molecule has 192 valence electrons. The summed E-state index contributed by atoms with van der Waals surface area (Å²) < 4.78 is 15.2. The van der Waals surface area contributed by atoms with Crippen LogP contribution in [0.4, 0.5) is 10.1 Å². The number of likely N-dealkylation sites (tertiary alicyclic amines) is 1. The number of anilines is 1. The molecular weight excluding hydrogens is 479 g/mol. The standard InChI is InChI=1S/C30H29FN6O/c31-26-10-12-36(13-11-26)18-22-6-8-23(9-7-22)24-14-27-28(17-33-29(27)32-15-24)35-30(38)25-16-34-37(20-25)19-21-4-2-1-3-5-21/h1-9,14-17,20,26H,10-13,18-19H2,(H,32,33)(H,35,38). The molecule has 0 radical (unpaired) electrons.